The van der Waals surface area contributed by atoms with Crippen molar-refractivity contribution in [1.29, 1.82) is 0 Å². The van der Waals surface area contributed by atoms with Gasteiger partial charge in [0.05, 0.1) is 12.8 Å². The zero-order valence-electron chi connectivity index (χ0n) is 8.73. The predicted molar refractivity (Wildman–Crippen MR) is 58.1 cm³/mol. The number of carbonyl (C=O) groups is 2. The number of thiophene rings is 1. The van der Waals surface area contributed by atoms with E-state index in [9.17, 15) is 4.79 Å². The van der Waals surface area contributed by atoms with Crippen molar-refractivity contribution in [2.75, 3.05) is 12.8 Å². The molecule has 0 bridgehead atoms. The second kappa shape index (κ2) is 6.02. The van der Waals surface area contributed by atoms with Crippen LogP contribution in [-0.2, 0) is 9.53 Å². The number of carboxylic acids is 1. The molecule has 0 amide bonds. The Kier molecular flexibility index (Phi) is 5.40. The summed E-state index contributed by atoms with van der Waals surface area (Å²) >= 11 is 1.31. The molecule has 0 aromatic carbocycles. The van der Waals surface area contributed by atoms with Crippen molar-refractivity contribution >= 4 is 29.0 Å². The minimum absolute atomic E-state index is 0.361. The van der Waals surface area contributed by atoms with Crippen molar-refractivity contribution in [3.63, 3.8) is 0 Å². The number of nitrogen functional groups attached to an aromatic ring is 1. The zero-order valence-corrected chi connectivity index (χ0v) is 9.55. The van der Waals surface area contributed by atoms with Gasteiger partial charge < -0.3 is 15.6 Å². The first-order valence-electron chi connectivity index (χ1n) is 4.01. The van der Waals surface area contributed by atoms with E-state index in [2.05, 4.69) is 4.74 Å². The average molecular weight is 231 g/mol. The molecule has 0 aliphatic carbocycles. The number of carbonyl (C=O) groups excluding carboxylic acids is 1. The third-order valence-corrected chi connectivity index (χ3v) is 2.49. The Morgan fingerprint density at radius 3 is 2.27 bits per heavy atom. The Bertz CT molecular complexity index is 355. The van der Waals surface area contributed by atoms with Gasteiger partial charge in [-0.1, -0.05) is 0 Å². The number of methoxy groups -OCH3 is 1. The topological polar surface area (TPSA) is 89.6 Å². The lowest BCUT2D eigenvalue weighted by Gasteiger charge is -1.96. The van der Waals surface area contributed by atoms with Crippen LogP contribution in [0.15, 0.2) is 5.38 Å². The van der Waals surface area contributed by atoms with Crippen molar-refractivity contribution in [3.05, 3.63) is 15.8 Å². The summed E-state index contributed by atoms with van der Waals surface area (Å²) in [6.07, 6.45) is 0. The lowest BCUT2D eigenvalue weighted by atomic mass is 10.3. The molecule has 0 saturated carbocycles. The maximum atomic E-state index is 11.0. The number of hydrogen-bond acceptors (Lipinski definition) is 5. The second-order valence-corrected chi connectivity index (χ2v) is 3.55. The highest BCUT2D eigenvalue weighted by atomic mass is 32.1. The molecular formula is C9H13NO4S. The molecule has 5 nitrogen and oxygen atoms in total. The molecule has 0 spiro atoms. The number of aliphatic carboxylic acids is 1. The third-order valence-electron chi connectivity index (χ3n) is 1.39. The Balaban J connectivity index is 0.000000423. The summed E-state index contributed by atoms with van der Waals surface area (Å²) in [5.41, 5.74) is 7.04. The maximum absolute atomic E-state index is 11.0. The van der Waals surface area contributed by atoms with E-state index >= 15 is 0 Å². The smallest absolute Gasteiger partial charge is 0.350 e. The van der Waals surface area contributed by atoms with E-state index < -0.39 is 5.97 Å². The van der Waals surface area contributed by atoms with Gasteiger partial charge in [0.2, 0.25) is 0 Å². The summed E-state index contributed by atoms with van der Waals surface area (Å²) in [6, 6.07) is 0. The standard InChI is InChI=1S/C7H9NO2S.C2H4O2/c1-4-3-11-6(5(4)8)7(9)10-2;1-2(3)4/h3H,8H2,1-2H3;1H3,(H,3,4). The molecule has 0 atom stereocenters. The van der Waals surface area contributed by atoms with Gasteiger partial charge in [0.15, 0.2) is 0 Å². The monoisotopic (exact) mass is 231 g/mol. The fraction of sp³-hybridized carbons (Fsp3) is 0.333. The van der Waals surface area contributed by atoms with Crippen molar-refractivity contribution in [3.8, 4) is 0 Å². The average Bonchev–Trinajstić information content (AvgIpc) is 2.46. The van der Waals surface area contributed by atoms with Crippen molar-refractivity contribution in [2.45, 2.75) is 13.8 Å². The van der Waals surface area contributed by atoms with Crippen molar-refractivity contribution < 1.29 is 19.4 Å². The number of rotatable bonds is 1. The largest absolute Gasteiger partial charge is 0.481 e. The molecule has 0 saturated heterocycles. The highest BCUT2D eigenvalue weighted by molar-refractivity contribution is 7.12. The molecule has 1 heterocycles. The van der Waals surface area contributed by atoms with Crippen LogP contribution >= 0.6 is 11.3 Å². The molecule has 0 aliphatic heterocycles. The lowest BCUT2D eigenvalue weighted by Crippen LogP contribution is -2.01. The van der Waals surface area contributed by atoms with Crippen LogP contribution in [0.2, 0.25) is 0 Å². The summed E-state index contributed by atoms with van der Waals surface area (Å²) in [5, 5.41) is 9.25. The molecule has 0 radical (unpaired) electrons. The number of hydrogen-bond donors (Lipinski definition) is 2. The maximum Gasteiger partial charge on any atom is 0.350 e. The van der Waals surface area contributed by atoms with Crippen molar-refractivity contribution in [2.24, 2.45) is 0 Å². The van der Waals surface area contributed by atoms with Gasteiger partial charge in [-0.2, -0.15) is 0 Å². The number of ether oxygens (including phenoxy) is 1. The fourth-order valence-corrected chi connectivity index (χ4v) is 1.59. The molecule has 0 aliphatic rings. The number of aryl methyl sites for hydroxylation is 1. The van der Waals surface area contributed by atoms with Gasteiger partial charge in [-0.05, 0) is 17.9 Å². The molecule has 15 heavy (non-hydrogen) atoms. The SMILES string of the molecule is CC(=O)O.COC(=O)c1scc(C)c1N. The fourth-order valence-electron chi connectivity index (χ4n) is 0.704. The second-order valence-electron chi connectivity index (χ2n) is 2.67. The third kappa shape index (κ3) is 4.46. The minimum Gasteiger partial charge on any atom is -0.481 e. The highest BCUT2D eigenvalue weighted by Crippen LogP contribution is 2.24. The van der Waals surface area contributed by atoms with Crippen LogP contribution in [0.1, 0.15) is 22.2 Å². The zero-order chi connectivity index (χ0) is 12.0. The highest BCUT2D eigenvalue weighted by Gasteiger charge is 2.13. The number of nitrogens with two attached hydrogens (primary N) is 1. The van der Waals surface area contributed by atoms with Crippen LogP contribution in [0, 0.1) is 6.92 Å². The first-order chi connectivity index (χ1) is 6.90. The van der Waals surface area contributed by atoms with Crippen molar-refractivity contribution in [1.82, 2.24) is 0 Å². The molecule has 84 valence electrons. The normalized spacial score (nSPS) is 8.73. The van der Waals surface area contributed by atoms with Gasteiger partial charge in [0.25, 0.3) is 5.97 Å². The Morgan fingerprint density at radius 1 is 1.53 bits per heavy atom. The Morgan fingerprint density at radius 2 is 2.00 bits per heavy atom. The number of esters is 1. The first-order valence-corrected chi connectivity index (χ1v) is 4.89. The van der Waals surface area contributed by atoms with Crippen LogP contribution in [-0.4, -0.2) is 24.2 Å². The minimum atomic E-state index is -0.833. The molecule has 1 aromatic rings. The summed E-state index contributed by atoms with van der Waals surface area (Å²) in [5.74, 6) is -1.19. The van der Waals surface area contributed by atoms with Crippen LogP contribution in [0.5, 0.6) is 0 Å². The van der Waals surface area contributed by atoms with E-state index in [0.29, 0.717) is 10.6 Å². The van der Waals surface area contributed by atoms with Gasteiger partial charge in [-0.15, -0.1) is 11.3 Å². The summed E-state index contributed by atoms with van der Waals surface area (Å²) in [6.45, 7) is 2.94. The van der Waals surface area contributed by atoms with E-state index in [4.69, 9.17) is 15.6 Å². The Labute approximate surface area is 91.5 Å². The Hall–Kier alpha value is -1.56. The van der Waals surface area contributed by atoms with E-state index in [1.807, 2.05) is 12.3 Å². The van der Waals surface area contributed by atoms with Crippen LogP contribution in [0.25, 0.3) is 0 Å². The molecule has 0 unspecified atom stereocenters. The van der Waals surface area contributed by atoms with E-state index in [-0.39, 0.29) is 5.97 Å². The summed E-state index contributed by atoms with van der Waals surface area (Å²) in [4.78, 5) is 20.4. The molecular weight excluding hydrogens is 218 g/mol. The van der Waals surface area contributed by atoms with Gasteiger partial charge in [-0.3, -0.25) is 4.79 Å². The van der Waals surface area contributed by atoms with E-state index in [1.165, 1.54) is 18.4 Å². The predicted octanol–water partition coefficient (Wildman–Crippen LogP) is 1.52. The quantitative estimate of drug-likeness (QED) is 0.715. The van der Waals surface area contributed by atoms with E-state index in [1.54, 1.807) is 0 Å². The molecule has 1 aromatic heterocycles. The van der Waals surface area contributed by atoms with Gasteiger partial charge in [0, 0.05) is 6.92 Å². The van der Waals surface area contributed by atoms with Gasteiger partial charge in [0.1, 0.15) is 4.88 Å². The molecule has 3 N–H and O–H groups in total. The molecule has 1 rings (SSSR count). The van der Waals surface area contributed by atoms with E-state index in [0.717, 1.165) is 12.5 Å². The summed E-state index contributed by atoms with van der Waals surface area (Å²) in [7, 11) is 1.34. The van der Waals surface area contributed by atoms with Crippen LogP contribution < -0.4 is 5.73 Å². The van der Waals surface area contributed by atoms with Gasteiger partial charge >= 0.3 is 5.97 Å². The number of anilines is 1. The molecule has 6 heteroatoms. The molecule has 0 fully saturated rings. The number of carboxylic acid groups (broad SMARTS) is 1. The first kappa shape index (κ1) is 13.4. The lowest BCUT2D eigenvalue weighted by molar-refractivity contribution is -0.134. The summed E-state index contributed by atoms with van der Waals surface area (Å²) < 4.78 is 4.52. The van der Waals surface area contributed by atoms with Crippen LogP contribution in [0.3, 0.4) is 0 Å². The van der Waals surface area contributed by atoms with Crippen LogP contribution in [0.4, 0.5) is 5.69 Å². The van der Waals surface area contributed by atoms with Gasteiger partial charge in [-0.25, -0.2) is 4.79 Å².